The summed E-state index contributed by atoms with van der Waals surface area (Å²) in [6.45, 7) is 3.95. The molecule has 0 aliphatic rings. The summed E-state index contributed by atoms with van der Waals surface area (Å²) in [5.41, 5.74) is 4.39. The van der Waals surface area contributed by atoms with Crippen molar-refractivity contribution in [1.29, 1.82) is 0 Å². The van der Waals surface area contributed by atoms with Crippen LogP contribution in [0.15, 0.2) is 36.7 Å². The molecule has 0 saturated carbocycles. The van der Waals surface area contributed by atoms with Gasteiger partial charge in [-0.15, -0.1) is 0 Å². The van der Waals surface area contributed by atoms with E-state index in [1.807, 2.05) is 38.4 Å². The van der Waals surface area contributed by atoms with Gasteiger partial charge < -0.3 is 4.98 Å². The molecule has 3 nitrogen and oxygen atoms in total. The summed E-state index contributed by atoms with van der Waals surface area (Å²) in [7, 11) is 0. The lowest BCUT2D eigenvalue weighted by atomic mass is 10.1. The minimum Gasteiger partial charge on any atom is -0.360 e. The molecule has 3 heteroatoms. The molecular weight excluding hydrogens is 210 g/mol. The number of para-hydroxylation sites is 1. The van der Waals surface area contributed by atoms with Gasteiger partial charge in [-0.1, -0.05) is 18.2 Å². The van der Waals surface area contributed by atoms with Crippen molar-refractivity contribution in [2.75, 3.05) is 0 Å². The van der Waals surface area contributed by atoms with E-state index in [1.54, 1.807) is 0 Å². The summed E-state index contributed by atoms with van der Waals surface area (Å²) < 4.78 is 0. The summed E-state index contributed by atoms with van der Waals surface area (Å²) in [4.78, 5) is 12.0. The summed E-state index contributed by atoms with van der Waals surface area (Å²) in [6, 6.07) is 8.25. The van der Waals surface area contributed by atoms with Crippen LogP contribution in [-0.2, 0) is 0 Å². The van der Waals surface area contributed by atoms with Crippen molar-refractivity contribution >= 4 is 10.9 Å². The number of hydrogen-bond acceptors (Lipinski definition) is 2. The molecule has 0 saturated heterocycles. The van der Waals surface area contributed by atoms with Crippen LogP contribution in [-0.4, -0.2) is 15.0 Å². The fourth-order valence-corrected chi connectivity index (χ4v) is 2.07. The van der Waals surface area contributed by atoms with Crippen molar-refractivity contribution in [1.82, 2.24) is 15.0 Å². The molecule has 0 spiro atoms. The molecule has 3 aromatic rings. The van der Waals surface area contributed by atoms with E-state index in [0.717, 1.165) is 28.2 Å². The highest BCUT2D eigenvalue weighted by atomic mass is 14.9. The first-order chi connectivity index (χ1) is 8.25. The Morgan fingerprint density at radius 1 is 1.12 bits per heavy atom. The Bertz CT molecular complexity index is 683. The van der Waals surface area contributed by atoms with E-state index in [-0.39, 0.29) is 0 Å². The van der Waals surface area contributed by atoms with Crippen LogP contribution in [0.5, 0.6) is 0 Å². The minimum atomic E-state index is 0.802. The van der Waals surface area contributed by atoms with Gasteiger partial charge in [-0.2, -0.15) is 0 Å². The van der Waals surface area contributed by atoms with Gasteiger partial charge in [0.2, 0.25) is 0 Å². The van der Waals surface area contributed by atoms with E-state index >= 15 is 0 Å². The van der Waals surface area contributed by atoms with Crippen molar-refractivity contribution in [3.63, 3.8) is 0 Å². The molecule has 0 aliphatic carbocycles. The monoisotopic (exact) mass is 223 g/mol. The smallest absolute Gasteiger partial charge is 0.125 e. The number of H-pyrrole nitrogens is 1. The molecule has 1 N–H and O–H groups in total. The normalized spacial score (nSPS) is 10.9. The molecule has 2 heterocycles. The number of fused-ring (bicyclic) bond motifs is 1. The van der Waals surface area contributed by atoms with E-state index in [4.69, 9.17) is 0 Å². The molecule has 17 heavy (non-hydrogen) atoms. The summed E-state index contributed by atoms with van der Waals surface area (Å²) in [5.74, 6) is 0.802. The predicted octanol–water partition coefficient (Wildman–Crippen LogP) is 3.24. The fraction of sp³-hybridized carbons (Fsp3) is 0.143. The Morgan fingerprint density at radius 2 is 1.94 bits per heavy atom. The third-order valence-electron chi connectivity index (χ3n) is 2.94. The van der Waals surface area contributed by atoms with Crippen LogP contribution < -0.4 is 0 Å². The summed E-state index contributed by atoms with van der Waals surface area (Å²) in [5, 5.41) is 1.20. The Hall–Kier alpha value is -2.16. The van der Waals surface area contributed by atoms with E-state index in [0.29, 0.717) is 0 Å². The zero-order valence-electron chi connectivity index (χ0n) is 9.86. The van der Waals surface area contributed by atoms with Gasteiger partial charge in [0.15, 0.2) is 0 Å². The van der Waals surface area contributed by atoms with Crippen LogP contribution in [0.4, 0.5) is 0 Å². The Labute approximate surface area is 99.5 Å². The molecule has 1 aromatic carbocycles. The van der Waals surface area contributed by atoms with E-state index in [2.05, 4.69) is 27.1 Å². The van der Waals surface area contributed by atoms with Crippen molar-refractivity contribution in [3.8, 4) is 11.3 Å². The number of aromatic nitrogens is 3. The maximum Gasteiger partial charge on any atom is 0.125 e. The highest BCUT2D eigenvalue weighted by Gasteiger charge is 2.09. The highest BCUT2D eigenvalue weighted by Crippen LogP contribution is 2.28. The lowest BCUT2D eigenvalue weighted by Gasteiger charge is -2.04. The first-order valence-corrected chi connectivity index (χ1v) is 5.62. The average Bonchev–Trinajstić information content (AvgIpc) is 2.76. The average molecular weight is 223 g/mol. The molecule has 0 amide bonds. The van der Waals surface area contributed by atoms with Gasteiger partial charge in [0.1, 0.15) is 5.82 Å². The minimum absolute atomic E-state index is 0.802. The first kappa shape index (κ1) is 10.0. The Morgan fingerprint density at radius 3 is 2.82 bits per heavy atom. The fourth-order valence-electron chi connectivity index (χ4n) is 2.07. The quantitative estimate of drug-likeness (QED) is 0.688. The van der Waals surface area contributed by atoms with Gasteiger partial charge in [-0.05, 0) is 25.5 Å². The van der Waals surface area contributed by atoms with Crippen LogP contribution in [0, 0.1) is 13.8 Å². The van der Waals surface area contributed by atoms with Crippen molar-refractivity contribution in [2.24, 2.45) is 0 Å². The topological polar surface area (TPSA) is 41.6 Å². The second kappa shape index (κ2) is 3.70. The third kappa shape index (κ3) is 1.60. The molecular formula is C14H13N3. The highest BCUT2D eigenvalue weighted by molar-refractivity contribution is 5.95. The second-order valence-electron chi connectivity index (χ2n) is 4.20. The summed E-state index contributed by atoms with van der Waals surface area (Å²) >= 11 is 0. The van der Waals surface area contributed by atoms with Gasteiger partial charge in [0, 0.05) is 28.9 Å². The van der Waals surface area contributed by atoms with Gasteiger partial charge >= 0.3 is 0 Å². The maximum absolute atomic E-state index is 4.53. The molecule has 0 atom stereocenters. The molecule has 84 valence electrons. The largest absolute Gasteiger partial charge is 0.360 e. The molecule has 0 radical (unpaired) electrons. The maximum atomic E-state index is 4.53. The molecule has 0 fully saturated rings. The van der Waals surface area contributed by atoms with Crippen LogP contribution in [0.1, 0.15) is 11.4 Å². The number of nitrogens with zero attached hydrogens (tertiary/aromatic N) is 2. The van der Waals surface area contributed by atoms with Crippen molar-refractivity contribution in [3.05, 3.63) is 48.0 Å². The van der Waals surface area contributed by atoms with Gasteiger partial charge in [-0.3, -0.25) is 0 Å². The van der Waals surface area contributed by atoms with Crippen molar-refractivity contribution in [2.45, 2.75) is 13.8 Å². The predicted molar refractivity (Wildman–Crippen MR) is 68.8 cm³/mol. The molecule has 3 rings (SSSR count). The molecule has 2 aromatic heterocycles. The Balaban J connectivity index is 2.31. The van der Waals surface area contributed by atoms with Gasteiger partial charge in [0.25, 0.3) is 0 Å². The van der Waals surface area contributed by atoms with Gasteiger partial charge in [-0.25, -0.2) is 9.97 Å². The number of aromatic amines is 1. The van der Waals surface area contributed by atoms with E-state index < -0.39 is 0 Å². The lowest BCUT2D eigenvalue weighted by molar-refractivity contribution is 1.04. The van der Waals surface area contributed by atoms with Gasteiger partial charge in [0.05, 0.1) is 5.69 Å². The molecule has 0 bridgehead atoms. The zero-order chi connectivity index (χ0) is 11.8. The van der Waals surface area contributed by atoms with Crippen LogP contribution in [0.25, 0.3) is 22.2 Å². The third-order valence-corrected chi connectivity index (χ3v) is 2.94. The molecule has 0 aliphatic heterocycles. The molecule has 0 unspecified atom stereocenters. The number of nitrogens with one attached hydrogen (secondary N) is 1. The number of aryl methyl sites for hydroxylation is 2. The van der Waals surface area contributed by atoms with E-state index in [9.17, 15) is 0 Å². The number of benzene rings is 1. The van der Waals surface area contributed by atoms with Crippen LogP contribution in [0.3, 0.4) is 0 Å². The Kier molecular flexibility index (Phi) is 2.18. The van der Waals surface area contributed by atoms with Crippen LogP contribution in [0.2, 0.25) is 0 Å². The van der Waals surface area contributed by atoms with Crippen LogP contribution >= 0.6 is 0 Å². The first-order valence-electron chi connectivity index (χ1n) is 5.62. The number of hydrogen-bond donors (Lipinski definition) is 1. The second-order valence-corrected chi connectivity index (χ2v) is 4.20. The van der Waals surface area contributed by atoms with E-state index in [1.165, 1.54) is 5.39 Å². The summed E-state index contributed by atoms with van der Waals surface area (Å²) in [6.07, 6.45) is 3.89. The zero-order valence-corrected chi connectivity index (χ0v) is 9.86. The standard InChI is InChI=1S/C14H13N3/c1-9-7-15-10(2)17-14(9)12-8-16-13-6-4-3-5-11(12)13/h3-8,16H,1-2H3. The van der Waals surface area contributed by atoms with Crippen molar-refractivity contribution < 1.29 is 0 Å². The lowest BCUT2D eigenvalue weighted by Crippen LogP contribution is -1.93. The SMILES string of the molecule is Cc1ncc(C)c(-c2c[nH]c3ccccc23)n1. The number of rotatable bonds is 1.